The Morgan fingerprint density at radius 1 is 1.33 bits per heavy atom. The van der Waals surface area contributed by atoms with Crippen molar-refractivity contribution in [3.05, 3.63) is 0 Å². The molecule has 0 amide bonds. The fourth-order valence-electron chi connectivity index (χ4n) is 2.66. The molecule has 0 aromatic carbocycles. The van der Waals surface area contributed by atoms with Gasteiger partial charge in [0.25, 0.3) is 0 Å². The highest BCUT2D eigenvalue weighted by Crippen LogP contribution is 2.39. The van der Waals surface area contributed by atoms with E-state index in [1.54, 1.807) is 0 Å². The first-order valence-corrected chi connectivity index (χ1v) is 9.35. The Morgan fingerprint density at radius 2 is 2.06 bits per heavy atom. The minimum atomic E-state index is 0.430. The van der Waals surface area contributed by atoms with E-state index in [2.05, 4.69) is 25.4 Å². The fraction of sp³-hybridized carbons (Fsp3) is 0.929. The summed E-state index contributed by atoms with van der Waals surface area (Å²) < 4.78 is 0.430. The van der Waals surface area contributed by atoms with Crippen molar-refractivity contribution in [2.45, 2.75) is 56.7 Å². The molecule has 2 rings (SSSR count). The molecule has 2 fully saturated rings. The van der Waals surface area contributed by atoms with Crippen LogP contribution in [0.2, 0.25) is 0 Å². The first-order valence-electron chi connectivity index (χ1n) is 7.14. The van der Waals surface area contributed by atoms with Crippen molar-refractivity contribution in [1.82, 2.24) is 5.32 Å². The Balaban J connectivity index is 1.92. The molecule has 104 valence electrons. The zero-order valence-corrected chi connectivity index (χ0v) is 13.5. The number of hydrogen-bond donors (Lipinski definition) is 1. The zero-order valence-electron chi connectivity index (χ0n) is 11.9. The molecule has 0 aromatic heterocycles. The molecule has 18 heavy (non-hydrogen) atoms. The Labute approximate surface area is 120 Å². The summed E-state index contributed by atoms with van der Waals surface area (Å²) in [5.74, 6) is 1.96. The Morgan fingerprint density at radius 3 is 2.67 bits per heavy atom. The van der Waals surface area contributed by atoms with Crippen molar-refractivity contribution >= 4 is 28.7 Å². The van der Waals surface area contributed by atoms with Gasteiger partial charge in [-0.25, -0.2) is 0 Å². The smallest absolute Gasteiger partial charge is 0.156 e. The van der Waals surface area contributed by atoms with Gasteiger partial charge < -0.3 is 5.32 Å². The highest BCUT2D eigenvalue weighted by molar-refractivity contribution is 8.13. The van der Waals surface area contributed by atoms with Crippen LogP contribution in [0, 0.1) is 5.92 Å². The van der Waals surface area contributed by atoms with Gasteiger partial charge in [0.05, 0.1) is 6.54 Å². The monoisotopic (exact) mass is 286 g/mol. The highest BCUT2D eigenvalue weighted by atomic mass is 32.2. The van der Waals surface area contributed by atoms with E-state index in [0.29, 0.717) is 10.8 Å². The van der Waals surface area contributed by atoms with Crippen LogP contribution in [0.5, 0.6) is 0 Å². The Hall–Kier alpha value is 0.170. The molecule has 0 bridgehead atoms. The summed E-state index contributed by atoms with van der Waals surface area (Å²) in [5, 5.41) is 4.73. The molecule has 1 saturated heterocycles. The van der Waals surface area contributed by atoms with Crippen molar-refractivity contribution in [2.24, 2.45) is 10.9 Å². The van der Waals surface area contributed by atoms with Gasteiger partial charge in [-0.2, -0.15) is 11.8 Å². The van der Waals surface area contributed by atoms with Crippen LogP contribution in [-0.4, -0.2) is 34.5 Å². The van der Waals surface area contributed by atoms with E-state index >= 15 is 0 Å². The second kappa shape index (κ2) is 6.56. The van der Waals surface area contributed by atoms with Crippen LogP contribution in [0.25, 0.3) is 0 Å². The van der Waals surface area contributed by atoms with Gasteiger partial charge in [-0.15, -0.1) is 0 Å². The van der Waals surface area contributed by atoms with Gasteiger partial charge in [0.2, 0.25) is 0 Å². The number of amidine groups is 1. The summed E-state index contributed by atoms with van der Waals surface area (Å²) in [6, 6.07) is 0.571. The van der Waals surface area contributed by atoms with Crippen LogP contribution in [-0.2, 0) is 0 Å². The quantitative estimate of drug-likeness (QED) is 0.854. The lowest BCUT2D eigenvalue weighted by Gasteiger charge is -2.35. The van der Waals surface area contributed by atoms with E-state index in [1.807, 2.05) is 23.5 Å². The van der Waals surface area contributed by atoms with E-state index in [9.17, 15) is 0 Å². The first-order chi connectivity index (χ1) is 8.65. The molecule has 1 saturated carbocycles. The summed E-state index contributed by atoms with van der Waals surface area (Å²) in [6.45, 7) is 5.58. The van der Waals surface area contributed by atoms with Crippen LogP contribution in [0.15, 0.2) is 4.99 Å². The maximum absolute atomic E-state index is 4.88. The summed E-state index contributed by atoms with van der Waals surface area (Å²) >= 11 is 3.94. The Bertz CT molecular complexity index is 298. The van der Waals surface area contributed by atoms with E-state index in [0.717, 1.165) is 12.5 Å². The number of nitrogens with one attached hydrogen (secondary N) is 1. The van der Waals surface area contributed by atoms with Gasteiger partial charge in [0.1, 0.15) is 0 Å². The summed E-state index contributed by atoms with van der Waals surface area (Å²) in [7, 11) is 0. The lowest BCUT2D eigenvalue weighted by Crippen LogP contribution is -2.42. The molecule has 2 atom stereocenters. The van der Waals surface area contributed by atoms with E-state index in [4.69, 9.17) is 4.99 Å². The van der Waals surface area contributed by atoms with Gasteiger partial charge in [-0.3, -0.25) is 4.99 Å². The third kappa shape index (κ3) is 3.60. The van der Waals surface area contributed by atoms with Crippen LogP contribution in [0.4, 0.5) is 0 Å². The van der Waals surface area contributed by atoms with E-state index in [-0.39, 0.29) is 0 Å². The maximum atomic E-state index is 4.88. The highest BCUT2D eigenvalue weighted by Gasteiger charge is 2.31. The van der Waals surface area contributed by atoms with Crippen LogP contribution in [0.1, 0.15) is 46.0 Å². The molecule has 2 nitrogen and oxygen atoms in total. The largest absolute Gasteiger partial charge is 0.362 e. The maximum Gasteiger partial charge on any atom is 0.156 e. The molecular formula is C14H26N2S2. The van der Waals surface area contributed by atoms with Crippen molar-refractivity contribution in [3.63, 3.8) is 0 Å². The molecule has 1 heterocycles. The number of rotatable bonds is 3. The molecule has 1 aliphatic carbocycles. The van der Waals surface area contributed by atoms with Gasteiger partial charge in [-0.05, 0) is 31.9 Å². The third-order valence-corrected chi connectivity index (χ3v) is 7.01. The topological polar surface area (TPSA) is 24.4 Å². The number of thioether (sulfide) groups is 2. The van der Waals surface area contributed by atoms with Crippen molar-refractivity contribution < 1.29 is 0 Å². The minimum absolute atomic E-state index is 0.430. The minimum Gasteiger partial charge on any atom is -0.362 e. The average molecular weight is 287 g/mol. The van der Waals surface area contributed by atoms with Crippen molar-refractivity contribution in [3.8, 4) is 0 Å². The SMILES string of the molecule is CSC1(CN=C2NC(C)C(C)CS2)CCCCC1. The second-order valence-corrected chi connectivity index (χ2v) is 8.07. The van der Waals surface area contributed by atoms with Crippen LogP contribution in [0.3, 0.4) is 0 Å². The molecule has 1 aliphatic heterocycles. The predicted molar refractivity (Wildman–Crippen MR) is 85.9 cm³/mol. The number of aliphatic imine (C=N–C) groups is 1. The summed E-state index contributed by atoms with van der Waals surface area (Å²) in [5.41, 5.74) is 0. The molecule has 0 radical (unpaired) electrons. The van der Waals surface area contributed by atoms with Crippen molar-refractivity contribution in [2.75, 3.05) is 18.6 Å². The lowest BCUT2D eigenvalue weighted by atomic mass is 9.88. The van der Waals surface area contributed by atoms with Gasteiger partial charge in [0.15, 0.2) is 5.17 Å². The first kappa shape index (κ1) is 14.6. The molecule has 1 N–H and O–H groups in total. The molecular weight excluding hydrogens is 260 g/mol. The number of nitrogens with zero attached hydrogens (tertiary/aromatic N) is 1. The molecule has 0 spiro atoms. The van der Waals surface area contributed by atoms with Gasteiger partial charge in [-0.1, -0.05) is 37.9 Å². The molecule has 0 aromatic rings. The number of hydrogen-bond acceptors (Lipinski definition) is 3. The third-order valence-electron chi connectivity index (χ3n) is 4.40. The lowest BCUT2D eigenvalue weighted by molar-refractivity contribution is 0.404. The normalized spacial score (nSPS) is 34.3. The average Bonchev–Trinajstić information content (AvgIpc) is 2.41. The molecule has 2 unspecified atom stereocenters. The molecule has 2 aliphatic rings. The van der Waals surface area contributed by atoms with Crippen molar-refractivity contribution in [1.29, 1.82) is 0 Å². The van der Waals surface area contributed by atoms with Gasteiger partial charge in [0, 0.05) is 16.5 Å². The standard InChI is InChI=1S/C14H26N2S2/c1-11-9-18-13(16-12(11)2)15-10-14(17-3)7-5-4-6-8-14/h11-12H,4-10H2,1-3H3,(H,15,16). The Kier molecular flexibility index (Phi) is 5.31. The second-order valence-electron chi connectivity index (χ2n) is 5.79. The summed E-state index contributed by atoms with van der Waals surface area (Å²) in [6.07, 6.45) is 9.15. The molecule has 4 heteroatoms. The fourth-order valence-corrected chi connectivity index (χ4v) is 4.69. The van der Waals surface area contributed by atoms with E-state index in [1.165, 1.54) is 43.0 Å². The zero-order chi connectivity index (χ0) is 13.0. The van der Waals surface area contributed by atoms with Crippen LogP contribution < -0.4 is 5.32 Å². The van der Waals surface area contributed by atoms with Crippen LogP contribution >= 0.6 is 23.5 Å². The van der Waals surface area contributed by atoms with Gasteiger partial charge >= 0.3 is 0 Å². The summed E-state index contributed by atoms with van der Waals surface area (Å²) in [4.78, 5) is 4.88. The van der Waals surface area contributed by atoms with E-state index < -0.39 is 0 Å². The predicted octanol–water partition coefficient (Wildman–Crippen LogP) is 3.77.